The highest BCUT2D eigenvalue weighted by Crippen LogP contribution is 2.43. The second kappa shape index (κ2) is 14.2. The highest BCUT2D eigenvalue weighted by atomic mass is 16.6. The van der Waals surface area contributed by atoms with Crippen molar-refractivity contribution in [3.8, 4) is 11.5 Å². The number of aliphatic hydroxyl groups excluding tert-OH is 1. The van der Waals surface area contributed by atoms with Crippen LogP contribution in [0.25, 0.3) is 11.2 Å². The Bertz CT molecular complexity index is 1900. The molecule has 13 heteroatoms. The lowest BCUT2D eigenvalue weighted by atomic mass is 9.79. The van der Waals surface area contributed by atoms with Crippen LogP contribution in [-0.4, -0.2) is 76.8 Å². The number of amides is 1. The number of nitrogens with zero attached hydrogens (tertiary/aromatic N) is 3. The maximum Gasteiger partial charge on any atom is 0.280 e. The van der Waals surface area contributed by atoms with E-state index in [-0.39, 0.29) is 48.8 Å². The van der Waals surface area contributed by atoms with Crippen molar-refractivity contribution in [2.24, 2.45) is 5.92 Å². The van der Waals surface area contributed by atoms with E-state index in [1.54, 1.807) is 32.6 Å². The van der Waals surface area contributed by atoms with Crippen molar-refractivity contribution in [3.05, 3.63) is 112 Å². The number of carbonyl (C=O) groups is 1. The summed E-state index contributed by atoms with van der Waals surface area (Å²) in [6, 6.07) is 25.0. The average Bonchev–Trinajstić information content (AvgIpc) is 3.57. The molecule has 5 aromatic rings. The lowest BCUT2D eigenvalue weighted by Gasteiger charge is -2.43. The third-order valence-corrected chi connectivity index (χ3v) is 8.53. The van der Waals surface area contributed by atoms with Gasteiger partial charge >= 0.3 is 0 Å². The smallest absolute Gasteiger partial charge is 0.280 e. The van der Waals surface area contributed by atoms with Crippen molar-refractivity contribution in [2.75, 3.05) is 46.0 Å². The largest absolute Gasteiger partial charge is 0.497 e. The zero-order valence-corrected chi connectivity index (χ0v) is 27.7. The Hall–Kier alpha value is -5.08. The Labute approximate surface area is 282 Å². The number of imidazole rings is 1. The molecule has 1 fully saturated rings. The fourth-order valence-corrected chi connectivity index (χ4v) is 5.81. The zero-order valence-electron chi connectivity index (χ0n) is 27.7. The number of nitrogens with one attached hydrogen (secondary N) is 2. The van der Waals surface area contributed by atoms with Crippen LogP contribution < -0.4 is 20.3 Å². The summed E-state index contributed by atoms with van der Waals surface area (Å²) in [6.07, 6.45) is 0.581. The topological polar surface area (TPSA) is 159 Å². The third kappa shape index (κ3) is 6.65. The molecule has 1 aliphatic rings. The molecule has 3 aromatic carbocycles. The number of fused-ring (bicyclic) bond motifs is 1. The fraction of sp³-hybridized carbons (Fsp3) is 0.333. The second-order valence-corrected chi connectivity index (χ2v) is 12.1. The number of hydrogen-bond acceptors (Lipinski definition) is 10. The molecule has 1 saturated heterocycles. The fourth-order valence-electron chi connectivity index (χ4n) is 5.81. The Morgan fingerprint density at radius 2 is 1.63 bits per heavy atom. The van der Waals surface area contributed by atoms with Gasteiger partial charge in [-0.2, -0.15) is 4.98 Å². The molecule has 2 atom stereocenters. The van der Waals surface area contributed by atoms with Crippen molar-refractivity contribution in [1.29, 1.82) is 0 Å². The standard InChI is InChI=1S/C36H39N5O8/c1-23(2)32(43)39-34-38-31-30(33(44)40-34)37-22-41(31)29-18-47-20-35(19-42,49-29)21-48-36(24-8-6-5-7-9-24,25-10-14-27(45-3)15-11-25)26-12-16-28(46-4)17-13-26/h5-17,22-23,29,42H,18-21H2,1-4H3,(H2,38,39,40,43,44)/t29-,35-/m1/s1. The van der Waals surface area contributed by atoms with Crippen LogP contribution in [0, 0.1) is 5.92 Å². The van der Waals surface area contributed by atoms with E-state index in [1.165, 1.54) is 6.33 Å². The van der Waals surface area contributed by atoms with Gasteiger partial charge in [-0.05, 0) is 41.0 Å². The Balaban J connectivity index is 1.38. The van der Waals surface area contributed by atoms with Gasteiger partial charge < -0.3 is 28.8 Å². The highest BCUT2D eigenvalue weighted by molar-refractivity contribution is 5.91. The number of rotatable bonds is 12. The Morgan fingerprint density at radius 3 is 2.20 bits per heavy atom. The van der Waals surface area contributed by atoms with Crippen LogP contribution in [0.15, 0.2) is 90.0 Å². The number of ether oxygens (including phenoxy) is 5. The lowest BCUT2D eigenvalue weighted by Crippen LogP contribution is -2.53. The quantitative estimate of drug-likeness (QED) is 0.166. The van der Waals surface area contributed by atoms with Gasteiger partial charge in [0.15, 0.2) is 17.4 Å². The van der Waals surface area contributed by atoms with Crippen LogP contribution in [-0.2, 0) is 24.6 Å². The molecule has 0 saturated carbocycles. The number of aromatic amines is 1. The summed E-state index contributed by atoms with van der Waals surface area (Å²) in [7, 11) is 3.22. The molecule has 1 aliphatic heterocycles. The summed E-state index contributed by atoms with van der Waals surface area (Å²) in [6.45, 7) is 3.01. The van der Waals surface area contributed by atoms with Crippen LogP contribution in [0.4, 0.5) is 5.95 Å². The second-order valence-electron chi connectivity index (χ2n) is 12.1. The molecule has 49 heavy (non-hydrogen) atoms. The molecule has 0 radical (unpaired) electrons. The summed E-state index contributed by atoms with van der Waals surface area (Å²) in [5, 5.41) is 13.5. The van der Waals surface area contributed by atoms with Crippen molar-refractivity contribution in [1.82, 2.24) is 19.5 Å². The van der Waals surface area contributed by atoms with E-state index in [4.69, 9.17) is 23.7 Å². The summed E-state index contributed by atoms with van der Waals surface area (Å²) < 4.78 is 32.1. The molecular formula is C36H39N5O8. The Morgan fingerprint density at radius 1 is 1.02 bits per heavy atom. The van der Waals surface area contributed by atoms with E-state index in [0.717, 1.165) is 16.7 Å². The first-order valence-corrected chi connectivity index (χ1v) is 15.8. The molecule has 1 amide bonds. The first-order valence-electron chi connectivity index (χ1n) is 15.8. The van der Waals surface area contributed by atoms with Crippen molar-refractivity contribution < 1.29 is 33.6 Å². The van der Waals surface area contributed by atoms with Crippen LogP contribution >= 0.6 is 0 Å². The third-order valence-electron chi connectivity index (χ3n) is 8.53. The van der Waals surface area contributed by atoms with Crippen LogP contribution in [0.5, 0.6) is 11.5 Å². The number of aromatic nitrogens is 4. The minimum atomic E-state index is -1.34. The number of benzene rings is 3. The SMILES string of the molecule is COc1ccc(C(OC[C@@]2(CO)COC[C@H](n3cnc4c(=O)[nH]c(NC(=O)C(C)C)nc43)O2)(c2ccccc2)c2ccc(OC)cc2)cc1. The van der Waals surface area contributed by atoms with E-state index in [0.29, 0.717) is 11.5 Å². The maximum atomic E-state index is 12.9. The normalized spacial score (nSPS) is 18.0. The molecule has 0 spiro atoms. The summed E-state index contributed by atoms with van der Waals surface area (Å²) in [5.74, 6) is 0.720. The van der Waals surface area contributed by atoms with Gasteiger partial charge in [-0.3, -0.25) is 24.5 Å². The van der Waals surface area contributed by atoms with Crippen molar-refractivity contribution in [3.63, 3.8) is 0 Å². The molecule has 2 aromatic heterocycles. The van der Waals surface area contributed by atoms with E-state index in [2.05, 4.69) is 20.3 Å². The average molecular weight is 670 g/mol. The van der Waals surface area contributed by atoms with Crippen LogP contribution in [0.1, 0.15) is 36.8 Å². The zero-order chi connectivity index (χ0) is 34.6. The molecule has 3 N–H and O–H groups in total. The monoisotopic (exact) mass is 669 g/mol. The first kappa shape index (κ1) is 33.8. The Kier molecular flexibility index (Phi) is 9.79. The summed E-state index contributed by atoms with van der Waals surface area (Å²) >= 11 is 0. The molecule has 0 bridgehead atoms. The number of H-pyrrole nitrogens is 1. The van der Waals surface area contributed by atoms with Crippen molar-refractivity contribution in [2.45, 2.75) is 31.3 Å². The number of carbonyl (C=O) groups excluding carboxylic acids is 1. The van der Waals surface area contributed by atoms with Gasteiger partial charge in [-0.1, -0.05) is 68.4 Å². The number of hydrogen-bond donors (Lipinski definition) is 3. The van der Waals surface area contributed by atoms with Crippen LogP contribution in [0.2, 0.25) is 0 Å². The molecule has 6 rings (SSSR count). The molecule has 3 heterocycles. The predicted molar refractivity (Wildman–Crippen MR) is 181 cm³/mol. The first-order chi connectivity index (χ1) is 23.7. The minimum absolute atomic E-state index is 0.0157. The number of methoxy groups -OCH3 is 2. The number of aliphatic hydroxyl groups is 1. The summed E-state index contributed by atoms with van der Waals surface area (Å²) in [4.78, 5) is 36.5. The van der Waals surface area contributed by atoms with Gasteiger partial charge in [0.1, 0.15) is 22.7 Å². The highest BCUT2D eigenvalue weighted by Gasteiger charge is 2.45. The molecule has 0 aliphatic carbocycles. The van der Waals surface area contributed by atoms with E-state index >= 15 is 0 Å². The van der Waals surface area contributed by atoms with Gasteiger partial charge in [-0.25, -0.2) is 4.98 Å². The van der Waals surface area contributed by atoms with E-state index in [9.17, 15) is 14.7 Å². The van der Waals surface area contributed by atoms with Gasteiger partial charge in [0.2, 0.25) is 11.9 Å². The molecular weight excluding hydrogens is 630 g/mol. The molecule has 0 unspecified atom stereocenters. The van der Waals surface area contributed by atoms with Crippen LogP contribution in [0.3, 0.4) is 0 Å². The van der Waals surface area contributed by atoms with Gasteiger partial charge in [0.05, 0.1) is 47.0 Å². The van der Waals surface area contributed by atoms with Gasteiger partial charge in [0.25, 0.3) is 5.56 Å². The van der Waals surface area contributed by atoms with Gasteiger partial charge in [0, 0.05) is 5.92 Å². The van der Waals surface area contributed by atoms with Crippen molar-refractivity contribution >= 4 is 23.0 Å². The lowest BCUT2D eigenvalue weighted by molar-refractivity contribution is -0.259. The number of anilines is 1. The molecule has 256 valence electrons. The van der Waals surface area contributed by atoms with E-state index < -0.39 is 29.6 Å². The van der Waals surface area contributed by atoms with Gasteiger partial charge in [-0.15, -0.1) is 0 Å². The summed E-state index contributed by atoms with van der Waals surface area (Å²) in [5.41, 5.74) is -0.329. The minimum Gasteiger partial charge on any atom is -0.497 e. The maximum absolute atomic E-state index is 12.9. The van der Waals surface area contributed by atoms with E-state index in [1.807, 2.05) is 78.9 Å². The predicted octanol–water partition coefficient (Wildman–Crippen LogP) is 4.02. The molecule has 13 nitrogen and oxygen atoms in total.